The van der Waals surface area contributed by atoms with Crippen LogP contribution in [0.2, 0.25) is 0 Å². The van der Waals surface area contributed by atoms with E-state index in [0.717, 1.165) is 19.3 Å². The molecule has 0 amide bonds. The van der Waals surface area contributed by atoms with E-state index in [0.29, 0.717) is 37.0 Å². The summed E-state index contributed by atoms with van der Waals surface area (Å²) in [4.78, 5) is 0. The van der Waals surface area contributed by atoms with Crippen molar-refractivity contribution in [2.75, 3.05) is 0 Å². The highest BCUT2D eigenvalue weighted by Gasteiger charge is 2.30. The smallest absolute Gasteiger partial charge is 0.0621 e. The molecule has 0 spiro atoms. The van der Waals surface area contributed by atoms with Gasteiger partial charge in [-0.3, -0.25) is 0 Å². The van der Waals surface area contributed by atoms with E-state index < -0.39 is 0 Å². The van der Waals surface area contributed by atoms with Crippen molar-refractivity contribution in [3.63, 3.8) is 0 Å². The molecule has 0 aromatic carbocycles. The van der Waals surface area contributed by atoms with E-state index in [-0.39, 0.29) is 0 Å². The Balaban J connectivity index is 2.71. The molecule has 3 nitrogen and oxygen atoms in total. The molecule has 0 heterocycles. The fraction of sp³-hybridized carbons (Fsp3) is 0.812. The van der Waals surface area contributed by atoms with Crippen molar-refractivity contribution in [3.05, 3.63) is 0 Å². The molecule has 1 aliphatic carbocycles. The summed E-state index contributed by atoms with van der Waals surface area (Å²) >= 11 is 0. The standard InChI is InChI=1S/C16H23N3/c17-11-3-8-14-6-1-2-7-15(9-4-12-18)16(14)10-5-13-19/h14-16H,1-10H2. The summed E-state index contributed by atoms with van der Waals surface area (Å²) in [6.45, 7) is 0. The lowest BCUT2D eigenvalue weighted by Gasteiger charge is -2.30. The topological polar surface area (TPSA) is 71.4 Å². The van der Waals surface area contributed by atoms with Gasteiger partial charge in [-0.15, -0.1) is 0 Å². The zero-order valence-corrected chi connectivity index (χ0v) is 11.6. The number of rotatable bonds is 6. The largest absolute Gasteiger partial charge is 0.198 e. The third-order valence-electron chi connectivity index (χ3n) is 4.45. The van der Waals surface area contributed by atoms with Crippen LogP contribution in [0.4, 0.5) is 0 Å². The highest BCUT2D eigenvalue weighted by Crippen LogP contribution is 2.40. The minimum absolute atomic E-state index is 0.545. The van der Waals surface area contributed by atoms with Crippen LogP contribution in [0.25, 0.3) is 0 Å². The Morgan fingerprint density at radius 1 is 0.684 bits per heavy atom. The third kappa shape index (κ3) is 5.32. The molecule has 102 valence electrons. The first-order valence-electron chi connectivity index (χ1n) is 7.44. The lowest BCUT2D eigenvalue weighted by molar-refractivity contribution is 0.197. The first kappa shape index (κ1) is 15.5. The minimum atomic E-state index is 0.545. The third-order valence-corrected chi connectivity index (χ3v) is 4.45. The van der Waals surface area contributed by atoms with E-state index in [9.17, 15) is 0 Å². The molecule has 1 rings (SSSR count). The van der Waals surface area contributed by atoms with Gasteiger partial charge in [0.15, 0.2) is 0 Å². The average Bonchev–Trinajstić information content (AvgIpc) is 2.62. The van der Waals surface area contributed by atoms with Gasteiger partial charge in [0.25, 0.3) is 0 Å². The van der Waals surface area contributed by atoms with E-state index in [4.69, 9.17) is 15.8 Å². The maximum atomic E-state index is 8.84. The van der Waals surface area contributed by atoms with Crippen molar-refractivity contribution in [3.8, 4) is 18.2 Å². The van der Waals surface area contributed by atoms with Crippen LogP contribution in [0.5, 0.6) is 0 Å². The first-order valence-corrected chi connectivity index (χ1v) is 7.44. The summed E-state index contributed by atoms with van der Waals surface area (Å²) < 4.78 is 0. The first-order chi connectivity index (χ1) is 9.33. The van der Waals surface area contributed by atoms with Crippen molar-refractivity contribution in [1.29, 1.82) is 15.8 Å². The molecule has 0 aromatic heterocycles. The summed E-state index contributed by atoms with van der Waals surface area (Å²) in [7, 11) is 0. The zero-order chi connectivity index (χ0) is 13.9. The predicted octanol–water partition coefficient (Wildman–Crippen LogP) is 4.32. The van der Waals surface area contributed by atoms with Gasteiger partial charge in [0.1, 0.15) is 0 Å². The monoisotopic (exact) mass is 257 g/mol. The van der Waals surface area contributed by atoms with Gasteiger partial charge in [-0.25, -0.2) is 0 Å². The van der Waals surface area contributed by atoms with E-state index in [2.05, 4.69) is 18.2 Å². The molecule has 0 aliphatic heterocycles. The Morgan fingerprint density at radius 3 is 1.53 bits per heavy atom. The van der Waals surface area contributed by atoms with Crippen molar-refractivity contribution < 1.29 is 0 Å². The Kier molecular flexibility index (Phi) is 7.69. The molecule has 0 aromatic rings. The number of nitrogens with zero attached hydrogens (tertiary/aromatic N) is 3. The van der Waals surface area contributed by atoms with E-state index in [1.807, 2.05) is 0 Å². The van der Waals surface area contributed by atoms with Crippen LogP contribution < -0.4 is 0 Å². The summed E-state index contributed by atoms with van der Waals surface area (Å²) in [6, 6.07) is 6.76. The van der Waals surface area contributed by atoms with Gasteiger partial charge in [-0.05, 0) is 37.0 Å². The van der Waals surface area contributed by atoms with E-state index in [1.165, 1.54) is 25.7 Å². The maximum absolute atomic E-state index is 8.84. The number of hydrogen-bond acceptors (Lipinski definition) is 3. The van der Waals surface area contributed by atoms with Gasteiger partial charge in [0.2, 0.25) is 0 Å². The molecule has 0 bridgehead atoms. The SMILES string of the molecule is N#CCCC1CCCCC(CCC#N)C1CCC#N. The second-order valence-corrected chi connectivity index (χ2v) is 5.56. The molecule has 19 heavy (non-hydrogen) atoms. The number of nitriles is 3. The van der Waals surface area contributed by atoms with Gasteiger partial charge < -0.3 is 0 Å². The average molecular weight is 257 g/mol. The lowest BCUT2D eigenvalue weighted by Crippen LogP contribution is -2.22. The van der Waals surface area contributed by atoms with Crippen LogP contribution in [-0.2, 0) is 0 Å². The normalized spacial score (nSPS) is 26.7. The van der Waals surface area contributed by atoms with Crippen molar-refractivity contribution in [2.45, 2.75) is 64.2 Å². The molecule has 0 saturated heterocycles. The van der Waals surface area contributed by atoms with Crippen molar-refractivity contribution in [1.82, 2.24) is 0 Å². The molecular formula is C16H23N3. The molecule has 1 fully saturated rings. The maximum Gasteiger partial charge on any atom is 0.0621 e. The fourth-order valence-corrected chi connectivity index (χ4v) is 3.55. The highest BCUT2D eigenvalue weighted by atomic mass is 14.4. The molecule has 1 saturated carbocycles. The lowest BCUT2D eigenvalue weighted by atomic mass is 9.74. The summed E-state index contributed by atoms with van der Waals surface area (Å²) in [5.74, 6) is 1.71. The summed E-state index contributed by atoms with van der Waals surface area (Å²) in [5, 5.41) is 26.4. The Hall–Kier alpha value is -1.53. The summed E-state index contributed by atoms with van der Waals surface area (Å²) in [6.07, 6.45) is 9.61. The second-order valence-electron chi connectivity index (χ2n) is 5.56. The zero-order valence-electron chi connectivity index (χ0n) is 11.6. The molecule has 1 aliphatic rings. The summed E-state index contributed by atoms with van der Waals surface area (Å²) in [5.41, 5.74) is 0. The number of hydrogen-bond donors (Lipinski definition) is 0. The molecule has 2 atom stereocenters. The Bertz CT molecular complexity index is 341. The molecule has 0 N–H and O–H groups in total. The van der Waals surface area contributed by atoms with Gasteiger partial charge in [-0.2, -0.15) is 15.8 Å². The van der Waals surface area contributed by atoms with Crippen molar-refractivity contribution >= 4 is 0 Å². The van der Waals surface area contributed by atoms with Gasteiger partial charge >= 0.3 is 0 Å². The minimum Gasteiger partial charge on any atom is -0.198 e. The Labute approximate surface area is 116 Å². The quantitative estimate of drug-likeness (QED) is 0.665. The molecular weight excluding hydrogens is 234 g/mol. The van der Waals surface area contributed by atoms with Crippen LogP contribution in [0, 0.1) is 51.7 Å². The molecule has 3 heteroatoms. The van der Waals surface area contributed by atoms with E-state index >= 15 is 0 Å². The van der Waals surface area contributed by atoms with Gasteiger partial charge in [0, 0.05) is 19.3 Å². The van der Waals surface area contributed by atoms with E-state index in [1.54, 1.807) is 0 Å². The second kappa shape index (κ2) is 9.41. The van der Waals surface area contributed by atoms with Crippen LogP contribution in [-0.4, -0.2) is 0 Å². The van der Waals surface area contributed by atoms with Crippen molar-refractivity contribution in [2.24, 2.45) is 17.8 Å². The highest BCUT2D eigenvalue weighted by molar-refractivity contribution is 4.87. The van der Waals surface area contributed by atoms with Crippen LogP contribution in [0.3, 0.4) is 0 Å². The molecule has 0 radical (unpaired) electrons. The Morgan fingerprint density at radius 2 is 1.11 bits per heavy atom. The van der Waals surface area contributed by atoms with Crippen LogP contribution in [0.1, 0.15) is 64.2 Å². The molecule has 2 unspecified atom stereocenters. The van der Waals surface area contributed by atoms with Crippen LogP contribution >= 0.6 is 0 Å². The van der Waals surface area contributed by atoms with Gasteiger partial charge in [0.05, 0.1) is 18.2 Å². The fourth-order valence-electron chi connectivity index (χ4n) is 3.55. The van der Waals surface area contributed by atoms with Crippen LogP contribution in [0.15, 0.2) is 0 Å². The van der Waals surface area contributed by atoms with Gasteiger partial charge in [-0.1, -0.05) is 25.7 Å². The predicted molar refractivity (Wildman–Crippen MR) is 73.5 cm³/mol.